The number of nitrogens with two attached hydrogens (primary N) is 1. The highest BCUT2D eigenvalue weighted by molar-refractivity contribution is 6.11. The molecule has 3 heterocycles. The number of anilines is 1. The number of ether oxygens (including phenoxy) is 2. The standard InChI is InChI=1S/C33H31F4N5O4/c1-17-11-21(45-28-6-4-3-5-24(28)34)14-25(35)30(17)42-32(38)23(16-39-42)31(44)27-12-20-13-29(46-33(36)37)22(15-26(20)40-27)19-7-9-41(10-8-19)18(2)43/h3-6,11-15,19,33,39-40H,7-10,16,38H2,1-2H3. The average Bonchev–Trinajstić information content (AvgIpc) is 3.60. The van der Waals surface area contributed by atoms with Crippen LogP contribution in [0.4, 0.5) is 23.2 Å². The van der Waals surface area contributed by atoms with E-state index in [1.54, 1.807) is 24.0 Å². The molecule has 9 nitrogen and oxygen atoms in total. The van der Waals surface area contributed by atoms with E-state index in [4.69, 9.17) is 15.2 Å². The molecule has 3 aromatic carbocycles. The van der Waals surface area contributed by atoms with Crippen LogP contribution in [0, 0.1) is 18.6 Å². The number of carbonyl (C=O) groups is 2. The Morgan fingerprint density at radius 2 is 1.74 bits per heavy atom. The van der Waals surface area contributed by atoms with Crippen molar-refractivity contribution in [1.82, 2.24) is 15.3 Å². The van der Waals surface area contributed by atoms with Gasteiger partial charge < -0.3 is 25.1 Å². The van der Waals surface area contributed by atoms with Crippen LogP contribution in [-0.2, 0) is 4.79 Å². The average molecular weight is 638 g/mol. The highest BCUT2D eigenvalue weighted by atomic mass is 19.3. The molecule has 2 aliphatic rings. The van der Waals surface area contributed by atoms with Crippen molar-refractivity contribution in [1.29, 1.82) is 0 Å². The fraction of sp³-hybridized carbons (Fsp3) is 0.273. The second-order valence-corrected chi connectivity index (χ2v) is 11.3. The molecular formula is C33H31F4N5O4. The second kappa shape index (κ2) is 12.4. The molecule has 0 atom stereocenters. The molecule has 0 saturated carbocycles. The lowest BCUT2D eigenvalue weighted by Gasteiger charge is -2.32. The smallest absolute Gasteiger partial charge is 0.387 e. The molecule has 4 N–H and O–H groups in total. The number of likely N-dealkylation sites (tertiary alicyclic amines) is 1. The molecule has 1 saturated heterocycles. The summed E-state index contributed by atoms with van der Waals surface area (Å²) < 4.78 is 66.6. The normalized spacial score (nSPS) is 15.7. The minimum atomic E-state index is -3.04. The van der Waals surface area contributed by atoms with Crippen molar-refractivity contribution in [2.45, 2.75) is 39.2 Å². The molecule has 13 heteroatoms. The Hall–Kier alpha value is -5.04. The Labute approximate surface area is 261 Å². The lowest BCUT2D eigenvalue weighted by Crippen LogP contribution is -2.36. The third kappa shape index (κ3) is 5.97. The summed E-state index contributed by atoms with van der Waals surface area (Å²) in [6.45, 7) is 1.07. The van der Waals surface area contributed by atoms with Crippen molar-refractivity contribution in [2.24, 2.45) is 5.73 Å². The number of H-pyrrole nitrogens is 1. The maximum absolute atomic E-state index is 15.4. The van der Waals surface area contributed by atoms with Gasteiger partial charge in [-0.15, -0.1) is 0 Å². The number of hydrogen-bond acceptors (Lipinski definition) is 7. The highest BCUT2D eigenvalue weighted by Crippen LogP contribution is 2.39. The second-order valence-electron chi connectivity index (χ2n) is 11.3. The first kappa shape index (κ1) is 31.0. The minimum Gasteiger partial charge on any atom is -0.454 e. The van der Waals surface area contributed by atoms with Crippen molar-refractivity contribution in [3.63, 3.8) is 0 Å². The number of hydrazine groups is 1. The van der Waals surface area contributed by atoms with Gasteiger partial charge in [0.25, 0.3) is 0 Å². The van der Waals surface area contributed by atoms with Crippen LogP contribution in [0.2, 0.25) is 0 Å². The van der Waals surface area contributed by atoms with E-state index in [1.165, 1.54) is 48.3 Å². The SMILES string of the molecule is CC(=O)N1CCC(c2cc3[nH]c(C(=O)C4=C(N)N(c5c(C)cc(Oc6ccccc6F)cc5F)NC4)cc3cc2OC(F)F)CC1. The molecule has 0 radical (unpaired) electrons. The molecule has 0 bridgehead atoms. The van der Waals surface area contributed by atoms with Gasteiger partial charge in [-0.25, -0.2) is 14.2 Å². The number of ketones is 1. The molecular weight excluding hydrogens is 606 g/mol. The van der Waals surface area contributed by atoms with Crippen molar-refractivity contribution in [3.8, 4) is 17.2 Å². The van der Waals surface area contributed by atoms with E-state index in [0.29, 0.717) is 48.0 Å². The number of para-hydroxylation sites is 1. The fourth-order valence-electron chi connectivity index (χ4n) is 6.05. The molecule has 6 rings (SSSR count). The third-order valence-corrected chi connectivity index (χ3v) is 8.35. The lowest BCUT2D eigenvalue weighted by atomic mass is 9.88. The van der Waals surface area contributed by atoms with Gasteiger partial charge in [0, 0.05) is 43.5 Å². The number of alkyl halides is 2. The van der Waals surface area contributed by atoms with Crippen LogP contribution in [0.3, 0.4) is 0 Å². The molecule has 4 aromatic rings. The molecule has 1 fully saturated rings. The zero-order valence-electron chi connectivity index (χ0n) is 25.0. The molecule has 0 aliphatic carbocycles. The number of amides is 1. The number of fused-ring (bicyclic) bond motifs is 1. The van der Waals surface area contributed by atoms with Crippen LogP contribution in [0.15, 0.2) is 66.0 Å². The summed E-state index contributed by atoms with van der Waals surface area (Å²) in [5.41, 5.74) is 11.2. The summed E-state index contributed by atoms with van der Waals surface area (Å²) >= 11 is 0. The maximum atomic E-state index is 15.4. The molecule has 2 aliphatic heterocycles. The summed E-state index contributed by atoms with van der Waals surface area (Å²) in [7, 11) is 0. The van der Waals surface area contributed by atoms with Crippen LogP contribution in [0.1, 0.15) is 47.3 Å². The number of nitrogens with one attached hydrogen (secondary N) is 2. The van der Waals surface area contributed by atoms with Gasteiger partial charge in [-0.3, -0.25) is 14.6 Å². The number of rotatable bonds is 8. The molecule has 240 valence electrons. The fourth-order valence-corrected chi connectivity index (χ4v) is 6.05. The number of aryl methyl sites for hydroxylation is 1. The zero-order chi connectivity index (χ0) is 32.7. The van der Waals surface area contributed by atoms with Crippen LogP contribution in [-0.4, -0.2) is 47.8 Å². The minimum absolute atomic E-state index is 0.00783. The van der Waals surface area contributed by atoms with Gasteiger partial charge in [-0.1, -0.05) is 12.1 Å². The van der Waals surface area contributed by atoms with Crippen molar-refractivity contribution in [3.05, 3.63) is 94.4 Å². The van der Waals surface area contributed by atoms with Crippen molar-refractivity contribution in [2.75, 3.05) is 24.6 Å². The van der Waals surface area contributed by atoms with E-state index in [2.05, 4.69) is 10.4 Å². The number of Topliss-reactive ketones (excluding diaryl/α,β-unsaturated/α-hetero) is 1. The Bertz CT molecular complexity index is 1840. The topological polar surface area (TPSA) is 113 Å². The number of benzene rings is 3. The van der Waals surface area contributed by atoms with Crippen LogP contribution >= 0.6 is 0 Å². The van der Waals surface area contributed by atoms with Crippen molar-refractivity contribution >= 4 is 28.3 Å². The van der Waals surface area contributed by atoms with E-state index in [0.717, 1.165) is 6.07 Å². The monoisotopic (exact) mass is 637 g/mol. The van der Waals surface area contributed by atoms with Crippen LogP contribution in [0.25, 0.3) is 10.9 Å². The number of hydrogen-bond donors (Lipinski definition) is 3. The predicted molar refractivity (Wildman–Crippen MR) is 163 cm³/mol. The first-order valence-electron chi connectivity index (χ1n) is 14.7. The van der Waals surface area contributed by atoms with E-state index >= 15 is 4.39 Å². The summed E-state index contributed by atoms with van der Waals surface area (Å²) in [6.07, 6.45) is 1.16. The summed E-state index contributed by atoms with van der Waals surface area (Å²) in [6, 6.07) is 13.1. The van der Waals surface area contributed by atoms with E-state index < -0.39 is 24.0 Å². The first-order valence-corrected chi connectivity index (χ1v) is 14.7. The summed E-state index contributed by atoms with van der Waals surface area (Å²) in [5, 5.41) is 1.76. The highest BCUT2D eigenvalue weighted by Gasteiger charge is 2.31. The van der Waals surface area contributed by atoms with Gasteiger partial charge in [-0.2, -0.15) is 8.78 Å². The van der Waals surface area contributed by atoms with Gasteiger partial charge >= 0.3 is 6.61 Å². The van der Waals surface area contributed by atoms with Crippen LogP contribution in [0.5, 0.6) is 17.2 Å². The zero-order valence-corrected chi connectivity index (χ0v) is 25.0. The quantitative estimate of drug-likeness (QED) is 0.155. The Morgan fingerprint density at radius 1 is 1.00 bits per heavy atom. The maximum Gasteiger partial charge on any atom is 0.387 e. The molecule has 0 unspecified atom stereocenters. The van der Waals surface area contributed by atoms with Gasteiger partial charge in [0.05, 0.1) is 17.0 Å². The molecule has 1 amide bonds. The van der Waals surface area contributed by atoms with E-state index in [-0.39, 0.29) is 58.4 Å². The number of carbonyl (C=O) groups excluding carboxylic acids is 2. The Morgan fingerprint density at radius 3 is 2.41 bits per heavy atom. The number of aromatic amines is 1. The predicted octanol–water partition coefficient (Wildman–Crippen LogP) is 6.25. The summed E-state index contributed by atoms with van der Waals surface area (Å²) in [4.78, 5) is 30.2. The number of piperidine rings is 1. The number of aromatic nitrogens is 1. The third-order valence-electron chi connectivity index (χ3n) is 8.35. The Kier molecular flexibility index (Phi) is 8.34. The van der Waals surface area contributed by atoms with Crippen molar-refractivity contribution < 1.29 is 36.6 Å². The van der Waals surface area contributed by atoms with E-state index in [9.17, 15) is 22.8 Å². The van der Waals surface area contributed by atoms with Gasteiger partial charge in [0.15, 0.2) is 17.4 Å². The van der Waals surface area contributed by atoms with Gasteiger partial charge in [-0.05, 0) is 73.2 Å². The number of halogens is 4. The Balaban J connectivity index is 1.27. The van der Waals surface area contributed by atoms with Crippen LogP contribution < -0.4 is 25.6 Å². The largest absolute Gasteiger partial charge is 0.454 e. The first-order chi connectivity index (χ1) is 22.0. The van der Waals surface area contributed by atoms with Gasteiger partial charge in [0.2, 0.25) is 11.7 Å². The molecule has 1 aromatic heterocycles. The summed E-state index contributed by atoms with van der Waals surface area (Å²) in [5.74, 6) is -1.91. The van der Waals surface area contributed by atoms with E-state index in [1.807, 2.05) is 0 Å². The molecule has 46 heavy (non-hydrogen) atoms. The molecule has 0 spiro atoms. The van der Waals surface area contributed by atoms with Gasteiger partial charge in [0.1, 0.15) is 17.3 Å². The number of nitrogens with zero attached hydrogens (tertiary/aromatic N) is 2. The lowest BCUT2D eigenvalue weighted by molar-refractivity contribution is -0.129.